The van der Waals surface area contributed by atoms with Crippen molar-refractivity contribution in [3.05, 3.63) is 12.2 Å². The molecule has 0 aliphatic carbocycles. The van der Waals surface area contributed by atoms with E-state index < -0.39 is 54.0 Å². The minimum absolute atomic E-state index is 1.93. The first kappa shape index (κ1) is 22.4. The molecule has 0 fully saturated rings. The molecule has 2 atom stereocenters. The van der Waals surface area contributed by atoms with Crippen LogP contribution in [0.3, 0.4) is 0 Å². The van der Waals surface area contributed by atoms with Crippen LogP contribution in [0, 0.1) is 0 Å². The maximum atomic E-state index is 13.8. The molecule has 14 heteroatoms. The van der Waals surface area contributed by atoms with Gasteiger partial charge in [0, 0.05) is 12.0 Å². The van der Waals surface area contributed by atoms with Crippen LogP contribution < -0.4 is 0 Å². The molecule has 0 aromatic heterocycles. The number of aliphatic carboxylic acids is 1. The number of alkyl halides is 12. The van der Waals surface area contributed by atoms with E-state index in [9.17, 15) is 57.5 Å². The molecule has 0 aliphatic heterocycles. The van der Waals surface area contributed by atoms with E-state index in [1.54, 1.807) is 0 Å². The van der Waals surface area contributed by atoms with Crippen LogP contribution in [0.25, 0.3) is 0 Å². The van der Waals surface area contributed by atoms with Gasteiger partial charge in [-0.3, -0.25) is 0 Å². The quantitative estimate of drug-likeness (QED) is 0.560. The number of carbonyl (C=O) groups is 1. The lowest BCUT2D eigenvalue weighted by molar-refractivity contribution is -0.382. The Morgan fingerprint density at radius 2 is 1.17 bits per heavy atom. The molecule has 0 aliphatic rings. The minimum Gasteiger partial charge on any atom is -0.478 e. The van der Waals surface area contributed by atoms with E-state index in [0.29, 0.717) is 0 Å². The molecule has 2 nitrogen and oxygen atoms in total. The Kier molecular flexibility index (Phi) is 5.61. The van der Waals surface area contributed by atoms with Crippen molar-refractivity contribution in [1.82, 2.24) is 0 Å². The SMILES string of the molecule is C=C(CC(F)(C(F)C(F)(C(F)(F)F)C(F)(F)F)C(F)(F)F)C(=O)O. The largest absolute Gasteiger partial charge is 0.478 e. The fourth-order valence-electron chi connectivity index (χ4n) is 1.48. The van der Waals surface area contributed by atoms with Gasteiger partial charge in [-0.05, 0) is 0 Å². The zero-order valence-electron chi connectivity index (χ0n) is 10.9. The summed E-state index contributed by atoms with van der Waals surface area (Å²) in [5.41, 5.74) is -15.3. The third-order valence-electron chi connectivity index (χ3n) is 2.82. The van der Waals surface area contributed by atoms with E-state index in [1.165, 1.54) is 0 Å². The van der Waals surface area contributed by atoms with E-state index >= 15 is 0 Å². The first-order chi connectivity index (χ1) is 10.2. The average Bonchev–Trinajstić information content (AvgIpc) is 2.32. The Balaban J connectivity index is 6.41. The first-order valence-corrected chi connectivity index (χ1v) is 5.36. The van der Waals surface area contributed by atoms with Gasteiger partial charge in [0.15, 0.2) is 6.17 Å². The third kappa shape index (κ3) is 3.55. The van der Waals surface area contributed by atoms with Gasteiger partial charge in [-0.25, -0.2) is 18.0 Å². The highest BCUT2D eigenvalue weighted by atomic mass is 19.4. The highest BCUT2D eigenvalue weighted by Crippen LogP contribution is 2.56. The number of carboxylic acids is 1. The van der Waals surface area contributed by atoms with Crippen LogP contribution in [0.1, 0.15) is 6.42 Å². The van der Waals surface area contributed by atoms with Crippen LogP contribution in [-0.4, -0.2) is 47.1 Å². The third-order valence-corrected chi connectivity index (χ3v) is 2.82. The van der Waals surface area contributed by atoms with Crippen molar-refractivity contribution in [2.45, 2.75) is 42.5 Å². The van der Waals surface area contributed by atoms with E-state index in [4.69, 9.17) is 5.11 Å². The standard InChI is InChI=1S/C10H6F12O2/c1-3(4(23)24)2-6(12,8(14,15)16)5(11)7(13,9(17,18)19)10(20,21)22/h5H,1-2H2,(H,23,24). The van der Waals surface area contributed by atoms with Crippen LogP contribution >= 0.6 is 0 Å². The molecule has 24 heavy (non-hydrogen) atoms. The summed E-state index contributed by atoms with van der Waals surface area (Å²) < 4.78 is 152. The van der Waals surface area contributed by atoms with E-state index in [0.717, 1.165) is 0 Å². The molecule has 2 unspecified atom stereocenters. The van der Waals surface area contributed by atoms with Gasteiger partial charge < -0.3 is 5.11 Å². The molecule has 1 N–H and O–H groups in total. The molecular formula is C10H6F12O2. The molecule has 0 heterocycles. The lowest BCUT2D eigenvalue weighted by Crippen LogP contribution is -2.68. The summed E-state index contributed by atoms with van der Waals surface area (Å²) in [6, 6.07) is 0. The van der Waals surface area contributed by atoms with Gasteiger partial charge in [-0.2, -0.15) is 39.5 Å². The second-order valence-corrected chi connectivity index (χ2v) is 4.52. The fourth-order valence-corrected chi connectivity index (χ4v) is 1.48. The highest BCUT2D eigenvalue weighted by Gasteiger charge is 2.83. The number of hydrogen-bond donors (Lipinski definition) is 1. The van der Waals surface area contributed by atoms with Gasteiger partial charge in [-0.15, -0.1) is 0 Å². The summed E-state index contributed by atoms with van der Waals surface area (Å²) in [4.78, 5) is 10.3. The normalized spacial score (nSPS) is 18.0. The van der Waals surface area contributed by atoms with Crippen molar-refractivity contribution in [2.75, 3.05) is 0 Å². The van der Waals surface area contributed by atoms with E-state index in [-0.39, 0.29) is 0 Å². The lowest BCUT2D eigenvalue weighted by atomic mass is 9.81. The summed E-state index contributed by atoms with van der Waals surface area (Å²) in [5.74, 6) is -2.48. The Morgan fingerprint density at radius 3 is 1.38 bits per heavy atom. The van der Waals surface area contributed by atoms with Crippen LogP contribution in [0.5, 0.6) is 0 Å². The number of hydrogen-bond acceptors (Lipinski definition) is 1. The van der Waals surface area contributed by atoms with Gasteiger partial charge in [0.2, 0.25) is 5.67 Å². The molecule has 0 spiro atoms. The smallest absolute Gasteiger partial charge is 0.434 e. The second kappa shape index (κ2) is 6.02. The number of carboxylic acid groups (broad SMARTS) is 1. The molecule has 0 amide bonds. The number of rotatable bonds is 5. The van der Waals surface area contributed by atoms with Crippen molar-refractivity contribution in [3.63, 3.8) is 0 Å². The summed E-state index contributed by atoms with van der Waals surface area (Å²) in [7, 11) is 0. The van der Waals surface area contributed by atoms with Gasteiger partial charge in [0.1, 0.15) is 0 Å². The first-order valence-electron chi connectivity index (χ1n) is 5.36. The van der Waals surface area contributed by atoms with Crippen molar-refractivity contribution in [2.24, 2.45) is 0 Å². The molecule has 0 aromatic carbocycles. The molecule has 0 saturated carbocycles. The van der Waals surface area contributed by atoms with E-state index in [2.05, 4.69) is 6.58 Å². The lowest BCUT2D eigenvalue weighted by Gasteiger charge is -2.39. The molecule has 0 bridgehead atoms. The Hall–Kier alpha value is -1.63. The van der Waals surface area contributed by atoms with Gasteiger partial charge in [-0.1, -0.05) is 6.58 Å². The maximum absolute atomic E-state index is 13.8. The average molecular weight is 386 g/mol. The van der Waals surface area contributed by atoms with Crippen LogP contribution in [0.2, 0.25) is 0 Å². The van der Waals surface area contributed by atoms with E-state index in [1.807, 2.05) is 0 Å². The molecule has 0 saturated heterocycles. The molecular weight excluding hydrogens is 380 g/mol. The topological polar surface area (TPSA) is 37.3 Å². The zero-order chi connectivity index (χ0) is 19.9. The Bertz CT molecular complexity index is 487. The highest BCUT2D eigenvalue weighted by molar-refractivity contribution is 5.86. The number of halogens is 12. The summed E-state index contributed by atoms with van der Waals surface area (Å²) in [6.07, 6.45) is -30.3. The zero-order valence-corrected chi connectivity index (χ0v) is 10.9. The van der Waals surface area contributed by atoms with Gasteiger partial charge in [0.05, 0.1) is 0 Å². The molecule has 142 valence electrons. The van der Waals surface area contributed by atoms with Crippen molar-refractivity contribution in [3.8, 4) is 0 Å². The summed E-state index contributed by atoms with van der Waals surface area (Å²) in [6.45, 7) is 2.25. The molecule has 0 rings (SSSR count). The second-order valence-electron chi connectivity index (χ2n) is 4.52. The predicted molar refractivity (Wildman–Crippen MR) is 52.1 cm³/mol. The maximum Gasteiger partial charge on any atom is 0.434 e. The predicted octanol–water partition coefficient (Wildman–Crippen LogP) is 4.46. The monoisotopic (exact) mass is 386 g/mol. The van der Waals surface area contributed by atoms with Gasteiger partial charge >= 0.3 is 30.2 Å². The molecule has 0 aromatic rings. The van der Waals surface area contributed by atoms with Crippen LogP contribution in [-0.2, 0) is 4.79 Å². The summed E-state index contributed by atoms with van der Waals surface area (Å²) in [5, 5.41) is 8.22. The Labute approximate surface area is 124 Å². The molecule has 0 radical (unpaired) electrons. The van der Waals surface area contributed by atoms with Crippen molar-refractivity contribution < 1.29 is 62.6 Å². The van der Waals surface area contributed by atoms with Crippen LogP contribution in [0.15, 0.2) is 12.2 Å². The Morgan fingerprint density at radius 1 is 0.833 bits per heavy atom. The van der Waals surface area contributed by atoms with Crippen molar-refractivity contribution >= 4 is 5.97 Å². The van der Waals surface area contributed by atoms with Crippen molar-refractivity contribution in [1.29, 1.82) is 0 Å². The summed E-state index contributed by atoms with van der Waals surface area (Å²) >= 11 is 0. The van der Waals surface area contributed by atoms with Crippen LogP contribution in [0.4, 0.5) is 52.7 Å². The fraction of sp³-hybridized carbons (Fsp3) is 0.700. The van der Waals surface area contributed by atoms with Gasteiger partial charge in [0.25, 0.3) is 0 Å². The minimum atomic E-state index is -7.32.